The Morgan fingerprint density at radius 2 is 1.81 bits per heavy atom. The highest BCUT2D eigenvalue weighted by Crippen LogP contribution is 2.23. The SMILES string of the molecule is CNS(=O)(=O)c1cccc(NC(C)c2ccccc2F)c1. The first kappa shape index (κ1) is 15.5. The monoisotopic (exact) mass is 308 g/mol. The van der Waals surface area contributed by atoms with Crippen molar-refractivity contribution in [3.05, 3.63) is 59.9 Å². The van der Waals surface area contributed by atoms with Gasteiger partial charge in [0.1, 0.15) is 5.82 Å². The summed E-state index contributed by atoms with van der Waals surface area (Å²) in [6.45, 7) is 1.82. The van der Waals surface area contributed by atoms with Gasteiger partial charge in [0, 0.05) is 11.3 Å². The van der Waals surface area contributed by atoms with E-state index in [2.05, 4.69) is 10.0 Å². The van der Waals surface area contributed by atoms with Crippen LogP contribution in [0.3, 0.4) is 0 Å². The Hall–Kier alpha value is -1.92. The summed E-state index contributed by atoms with van der Waals surface area (Å²) in [4.78, 5) is 0.163. The number of benzene rings is 2. The van der Waals surface area contributed by atoms with E-state index in [0.717, 1.165) is 0 Å². The minimum absolute atomic E-state index is 0.163. The van der Waals surface area contributed by atoms with E-state index in [9.17, 15) is 12.8 Å². The number of hydrogen-bond donors (Lipinski definition) is 2. The molecule has 0 aromatic heterocycles. The second-order valence-electron chi connectivity index (χ2n) is 4.62. The zero-order valence-corrected chi connectivity index (χ0v) is 12.6. The molecule has 2 aromatic rings. The Morgan fingerprint density at radius 3 is 2.48 bits per heavy atom. The molecular weight excluding hydrogens is 291 g/mol. The largest absolute Gasteiger partial charge is 0.378 e. The van der Waals surface area contributed by atoms with Gasteiger partial charge in [-0.25, -0.2) is 17.5 Å². The average molecular weight is 308 g/mol. The van der Waals surface area contributed by atoms with E-state index in [1.165, 1.54) is 25.2 Å². The number of halogens is 1. The molecule has 0 saturated carbocycles. The zero-order valence-electron chi connectivity index (χ0n) is 11.8. The lowest BCUT2D eigenvalue weighted by atomic mass is 10.1. The molecule has 0 aliphatic rings. The first-order valence-corrected chi connectivity index (χ1v) is 7.97. The van der Waals surface area contributed by atoms with E-state index in [1.807, 2.05) is 6.92 Å². The smallest absolute Gasteiger partial charge is 0.240 e. The Bertz CT molecular complexity index is 732. The quantitative estimate of drug-likeness (QED) is 0.893. The molecule has 2 aromatic carbocycles. The third kappa shape index (κ3) is 3.59. The van der Waals surface area contributed by atoms with E-state index in [0.29, 0.717) is 11.3 Å². The highest BCUT2D eigenvalue weighted by atomic mass is 32.2. The number of nitrogens with one attached hydrogen (secondary N) is 2. The summed E-state index contributed by atoms with van der Waals surface area (Å²) in [5, 5.41) is 3.10. The van der Waals surface area contributed by atoms with Crippen molar-refractivity contribution in [3.8, 4) is 0 Å². The van der Waals surface area contributed by atoms with Gasteiger partial charge in [-0.05, 0) is 38.2 Å². The normalized spacial score (nSPS) is 12.9. The maximum atomic E-state index is 13.7. The van der Waals surface area contributed by atoms with Gasteiger partial charge in [-0.2, -0.15) is 0 Å². The summed E-state index contributed by atoms with van der Waals surface area (Å²) >= 11 is 0. The predicted octanol–water partition coefficient (Wildman–Crippen LogP) is 2.91. The molecule has 0 aliphatic heterocycles. The Morgan fingerprint density at radius 1 is 1.10 bits per heavy atom. The number of anilines is 1. The Kier molecular flexibility index (Phi) is 4.59. The van der Waals surface area contributed by atoms with Crippen LogP contribution in [-0.2, 0) is 10.0 Å². The molecule has 21 heavy (non-hydrogen) atoms. The van der Waals surface area contributed by atoms with Gasteiger partial charge in [0.25, 0.3) is 0 Å². The van der Waals surface area contributed by atoms with Crippen molar-refractivity contribution < 1.29 is 12.8 Å². The molecule has 0 radical (unpaired) electrons. The van der Waals surface area contributed by atoms with E-state index in [-0.39, 0.29) is 16.8 Å². The summed E-state index contributed by atoms with van der Waals surface area (Å²) in [6.07, 6.45) is 0. The van der Waals surface area contributed by atoms with Gasteiger partial charge in [-0.15, -0.1) is 0 Å². The molecule has 6 heteroatoms. The van der Waals surface area contributed by atoms with Gasteiger partial charge in [0.15, 0.2) is 0 Å². The van der Waals surface area contributed by atoms with Crippen molar-refractivity contribution in [3.63, 3.8) is 0 Å². The number of hydrogen-bond acceptors (Lipinski definition) is 3. The third-order valence-electron chi connectivity index (χ3n) is 3.17. The molecule has 112 valence electrons. The minimum Gasteiger partial charge on any atom is -0.378 e. The molecule has 0 amide bonds. The van der Waals surface area contributed by atoms with Gasteiger partial charge >= 0.3 is 0 Å². The molecule has 2 rings (SSSR count). The number of sulfonamides is 1. The molecule has 0 bridgehead atoms. The van der Waals surface area contributed by atoms with E-state index in [4.69, 9.17) is 0 Å². The van der Waals surface area contributed by atoms with Crippen molar-refractivity contribution >= 4 is 15.7 Å². The Labute approximate surface area is 124 Å². The van der Waals surface area contributed by atoms with E-state index >= 15 is 0 Å². The zero-order chi connectivity index (χ0) is 15.5. The van der Waals surface area contributed by atoms with E-state index < -0.39 is 10.0 Å². The minimum atomic E-state index is -3.49. The molecule has 0 fully saturated rings. The highest BCUT2D eigenvalue weighted by Gasteiger charge is 2.13. The van der Waals surface area contributed by atoms with Crippen LogP contribution in [0.25, 0.3) is 0 Å². The van der Waals surface area contributed by atoms with Crippen LogP contribution < -0.4 is 10.0 Å². The van der Waals surface area contributed by atoms with Crippen molar-refractivity contribution in [1.29, 1.82) is 0 Å². The Balaban J connectivity index is 2.25. The van der Waals surface area contributed by atoms with Crippen LogP contribution in [0.5, 0.6) is 0 Å². The van der Waals surface area contributed by atoms with Gasteiger partial charge in [-0.3, -0.25) is 0 Å². The molecule has 1 unspecified atom stereocenters. The van der Waals surface area contributed by atoms with Crippen molar-refractivity contribution in [2.45, 2.75) is 17.9 Å². The van der Waals surface area contributed by atoms with Gasteiger partial charge in [-0.1, -0.05) is 24.3 Å². The lowest BCUT2D eigenvalue weighted by Gasteiger charge is -2.17. The average Bonchev–Trinajstić information content (AvgIpc) is 2.48. The van der Waals surface area contributed by atoms with Crippen LogP contribution >= 0.6 is 0 Å². The summed E-state index contributed by atoms with van der Waals surface area (Å²) in [7, 11) is -2.13. The highest BCUT2D eigenvalue weighted by molar-refractivity contribution is 7.89. The summed E-state index contributed by atoms with van der Waals surface area (Å²) < 4.78 is 39.5. The van der Waals surface area contributed by atoms with Gasteiger partial charge in [0.2, 0.25) is 10.0 Å². The summed E-state index contributed by atoms with van der Waals surface area (Å²) in [5.74, 6) is -0.295. The standard InChI is InChI=1S/C15H17FN2O2S/c1-11(14-8-3-4-9-15(14)16)18-12-6-5-7-13(10-12)21(19,20)17-2/h3-11,17-18H,1-2H3. The fourth-order valence-electron chi connectivity index (χ4n) is 2.02. The number of rotatable bonds is 5. The summed E-state index contributed by atoms with van der Waals surface area (Å²) in [6, 6.07) is 12.6. The maximum absolute atomic E-state index is 13.7. The molecule has 0 spiro atoms. The fourth-order valence-corrected chi connectivity index (χ4v) is 2.80. The third-order valence-corrected chi connectivity index (χ3v) is 4.58. The van der Waals surface area contributed by atoms with Crippen LogP contribution in [-0.4, -0.2) is 15.5 Å². The van der Waals surface area contributed by atoms with Crippen molar-refractivity contribution in [2.75, 3.05) is 12.4 Å². The van der Waals surface area contributed by atoms with Crippen LogP contribution in [0.1, 0.15) is 18.5 Å². The molecule has 0 saturated heterocycles. The molecule has 2 N–H and O–H groups in total. The maximum Gasteiger partial charge on any atom is 0.240 e. The van der Waals surface area contributed by atoms with Crippen LogP contribution in [0.4, 0.5) is 10.1 Å². The second kappa shape index (κ2) is 6.24. The lowest BCUT2D eigenvalue weighted by Crippen LogP contribution is -2.18. The van der Waals surface area contributed by atoms with E-state index in [1.54, 1.807) is 30.3 Å². The molecular formula is C15H17FN2O2S. The first-order valence-electron chi connectivity index (χ1n) is 6.48. The van der Waals surface area contributed by atoms with Crippen molar-refractivity contribution in [2.24, 2.45) is 0 Å². The molecule has 1 atom stereocenters. The molecule has 4 nitrogen and oxygen atoms in total. The van der Waals surface area contributed by atoms with Crippen LogP contribution in [0.15, 0.2) is 53.4 Å². The van der Waals surface area contributed by atoms with Gasteiger partial charge < -0.3 is 5.32 Å². The predicted molar refractivity (Wildman–Crippen MR) is 81.1 cm³/mol. The lowest BCUT2D eigenvalue weighted by molar-refractivity contribution is 0.588. The molecule has 0 heterocycles. The van der Waals surface area contributed by atoms with Crippen LogP contribution in [0, 0.1) is 5.82 Å². The van der Waals surface area contributed by atoms with Gasteiger partial charge in [0.05, 0.1) is 10.9 Å². The van der Waals surface area contributed by atoms with Crippen LogP contribution in [0.2, 0.25) is 0 Å². The molecule has 0 aliphatic carbocycles. The second-order valence-corrected chi connectivity index (χ2v) is 6.51. The first-order chi connectivity index (χ1) is 9.94. The topological polar surface area (TPSA) is 58.2 Å². The fraction of sp³-hybridized carbons (Fsp3) is 0.200. The summed E-state index contributed by atoms with van der Waals surface area (Å²) in [5.41, 5.74) is 1.14. The van der Waals surface area contributed by atoms with Crippen molar-refractivity contribution in [1.82, 2.24) is 4.72 Å².